The Bertz CT molecular complexity index is 1030. The van der Waals surface area contributed by atoms with Gasteiger partial charge in [0.05, 0.1) is 18.1 Å². The van der Waals surface area contributed by atoms with Crippen molar-refractivity contribution in [3.8, 4) is 16.9 Å². The Kier molecular flexibility index (Phi) is 4.49. The van der Waals surface area contributed by atoms with Crippen molar-refractivity contribution >= 4 is 10.8 Å². The molecule has 0 saturated heterocycles. The Hall–Kier alpha value is -2.84. The number of benzene rings is 3. The number of rotatable bonds is 2. The third kappa shape index (κ3) is 3.17. The number of halogens is 8. The average molecular weight is 392 g/mol. The second kappa shape index (κ2) is 6.40. The maximum Gasteiger partial charge on any atom is 0.422 e. The molecule has 0 saturated carbocycles. The molecule has 0 aliphatic heterocycles. The quantitative estimate of drug-likeness (QED) is 0.470. The summed E-state index contributed by atoms with van der Waals surface area (Å²) >= 11 is 0. The van der Waals surface area contributed by atoms with Crippen molar-refractivity contribution in [2.24, 2.45) is 0 Å². The first-order chi connectivity index (χ1) is 12.5. The molecule has 27 heavy (non-hydrogen) atoms. The Balaban J connectivity index is 2.32. The third-order valence-corrected chi connectivity index (χ3v) is 3.90. The third-order valence-electron chi connectivity index (χ3n) is 3.90. The number of hydrogen-bond acceptors (Lipinski definition) is 1. The fourth-order valence-electron chi connectivity index (χ4n) is 2.76. The highest BCUT2D eigenvalue weighted by atomic mass is 19.4. The molecule has 0 unspecified atom stereocenters. The zero-order valence-corrected chi connectivity index (χ0v) is 13.3. The van der Waals surface area contributed by atoms with Crippen LogP contribution in [0.25, 0.3) is 21.9 Å². The normalized spacial score (nSPS) is 11.9. The van der Waals surface area contributed by atoms with Crippen molar-refractivity contribution in [3.05, 3.63) is 65.0 Å². The van der Waals surface area contributed by atoms with E-state index in [2.05, 4.69) is 4.74 Å². The molecule has 0 aromatic heterocycles. The first kappa shape index (κ1) is 18.9. The lowest BCUT2D eigenvalue weighted by Gasteiger charge is -2.14. The molecule has 3 aromatic carbocycles. The van der Waals surface area contributed by atoms with Crippen LogP contribution in [-0.2, 0) is 6.18 Å². The second-order valence-electron chi connectivity index (χ2n) is 5.57. The van der Waals surface area contributed by atoms with Gasteiger partial charge in [-0.2, -0.15) is 13.2 Å². The maximum atomic E-state index is 14.3. The average Bonchev–Trinajstić information content (AvgIpc) is 2.51. The number of fused-ring (bicyclic) bond motifs is 1. The molecule has 1 nitrogen and oxygen atoms in total. The zero-order valence-electron chi connectivity index (χ0n) is 13.3. The molecule has 142 valence electrons. The SMILES string of the molecule is COc1cc(F)c(-c2cc(F)c3c(F)c(C(F)(F)F)c(F)cc3c2)c(F)c1. The van der Waals surface area contributed by atoms with E-state index < -0.39 is 62.7 Å². The minimum atomic E-state index is -5.39. The molecule has 0 N–H and O–H groups in total. The fourth-order valence-corrected chi connectivity index (χ4v) is 2.76. The summed E-state index contributed by atoms with van der Waals surface area (Å²) in [5.41, 5.74) is -3.42. The van der Waals surface area contributed by atoms with Crippen molar-refractivity contribution in [1.29, 1.82) is 0 Å². The van der Waals surface area contributed by atoms with Gasteiger partial charge in [-0.3, -0.25) is 0 Å². The van der Waals surface area contributed by atoms with Crippen molar-refractivity contribution < 1.29 is 39.9 Å². The van der Waals surface area contributed by atoms with E-state index in [0.717, 1.165) is 25.3 Å². The molecular weight excluding hydrogens is 384 g/mol. The van der Waals surface area contributed by atoms with Crippen molar-refractivity contribution in [2.45, 2.75) is 6.18 Å². The first-order valence-corrected chi connectivity index (χ1v) is 7.26. The van der Waals surface area contributed by atoms with Crippen LogP contribution in [0.4, 0.5) is 35.1 Å². The van der Waals surface area contributed by atoms with E-state index in [1.807, 2.05) is 0 Å². The van der Waals surface area contributed by atoms with Gasteiger partial charge in [-0.15, -0.1) is 0 Å². The van der Waals surface area contributed by atoms with Gasteiger partial charge >= 0.3 is 6.18 Å². The van der Waals surface area contributed by atoms with Crippen LogP contribution in [0.2, 0.25) is 0 Å². The summed E-state index contributed by atoms with van der Waals surface area (Å²) in [6.45, 7) is 0. The Labute approximate surface area is 146 Å². The number of alkyl halides is 3. The van der Waals surface area contributed by atoms with Gasteiger partial charge in [0.2, 0.25) is 0 Å². The molecule has 0 aliphatic carbocycles. The van der Waals surface area contributed by atoms with E-state index in [0.29, 0.717) is 6.07 Å². The smallest absolute Gasteiger partial charge is 0.422 e. The summed E-state index contributed by atoms with van der Waals surface area (Å²) in [6.07, 6.45) is -5.39. The van der Waals surface area contributed by atoms with Crippen LogP contribution in [0.15, 0.2) is 30.3 Å². The lowest BCUT2D eigenvalue weighted by atomic mass is 9.97. The lowest BCUT2D eigenvalue weighted by Crippen LogP contribution is -2.12. The summed E-state index contributed by atoms with van der Waals surface area (Å²) in [5.74, 6) is -8.11. The van der Waals surface area contributed by atoms with Crippen LogP contribution >= 0.6 is 0 Å². The summed E-state index contributed by atoms with van der Waals surface area (Å²) < 4.78 is 113. The minimum absolute atomic E-state index is 0.165. The van der Waals surface area contributed by atoms with Crippen LogP contribution in [-0.4, -0.2) is 7.11 Å². The molecule has 0 amide bonds. The molecule has 0 bridgehead atoms. The van der Waals surface area contributed by atoms with Crippen molar-refractivity contribution in [1.82, 2.24) is 0 Å². The highest BCUT2D eigenvalue weighted by Crippen LogP contribution is 2.39. The maximum absolute atomic E-state index is 14.3. The van der Waals surface area contributed by atoms with Crippen LogP contribution in [0.1, 0.15) is 5.56 Å². The van der Waals surface area contributed by atoms with Crippen LogP contribution in [0, 0.1) is 29.1 Å². The van der Waals surface area contributed by atoms with Gasteiger partial charge in [-0.05, 0) is 29.1 Å². The molecule has 0 radical (unpaired) electrons. The molecule has 0 aliphatic rings. The standard InChI is InChI=1S/C18H8F8O/c1-27-9-5-11(20)14(12(21)6-9)7-2-8-4-13(22)16(18(24,25)26)17(23)15(8)10(19)3-7/h2-6H,1H3. The monoisotopic (exact) mass is 392 g/mol. The predicted octanol–water partition coefficient (Wildman–Crippen LogP) is 6.23. The van der Waals surface area contributed by atoms with Gasteiger partial charge in [0, 0.05) is 12.1 Å². The van der Waals surface area contributed by atoms with Gasteiger partial charge in [0.1, 0.15) is 40.4 Å². The molecule has 9 heteroatoms. The van der Waals surface area contributed by atoms with Crippen molar-refractivity contribution in [2.75, 3.05) is 7.11 Å². The van der Waals surface area contributed by atoms with Gasteiger partial charge in [-0.25, -0.2) is 22.0 Å². The molecule has 0 atom stereocenters. The minimum Gasteiger partial charge on any atom is -0.497 e. The van der Waals surface area contributed by atoms with E-state index >= 15 is 0 Å². The van der Waals surface area contributed by atoms with Crippen LogP contribution in [0.3, 0.4) is 0 Å². The summed E-state index contributed by atoms with van der Waals surface area (Å²) in [7, 11) is 1.16. The summed E-state index contributed by atoms with van der Waals surface area (Å²) in [4.78, 5) is 0. The molecule has 3 rings (SSSR count). The van der Waals surface area contributed by atoms with E-state index in [4.69, 9.17) is 0 Å². The van der Waals surface area contributed by atoms with Gasteiger partial charge in [0.15, 0.2) is 0 Å². The molecule has 0 spiro atoms. The summed E-state index contributed by atoms with van der Waals surface area (Å²) in [5, 5.41) is -1.76. The summed E-state index contributed by atoms with van der Waals surface area (Å²) in [6, 6.07) is 3.12. The van der Waals surface area contributed by atoms with Crippen LogP contribution in [0.5, 0.6) is 5.75 Å². The molecule has 0 fully saturated rings. The van der Waals surface area contributed by atoms with Gasteiger partial charge in [-0.1, -0.05) is 0 Å². The largest absolute Gasteiger partial charge is 0.497 e. The number of hydrogen-bond donors (Lipinski definition) is 0. The fraction of sp³-hybridized carbons (Fsp3) is 0.111. The lowest BCUT2D eigenvalue weighted by molar-refractivity contribution is -0.142. The topological polar surface area (TPSA) is 9.23 Å². The highest BCUT2D eigenvalue weighted by molar-refractivity contribution is 5.89. The highest BCUT2D eigenvalue weighted by Gasteiger charge is 2.39. The second-order valence-corrected chi connectivity index (χ2v) is 5.57. The van der Waals surface area contributed by atoms with Crippen LogP contribution < -0.4 is 4.74 Å². The Morgan fingerprint density at radius 1 is 0.741 bits per heavy atom. The van der Waals surface area contributed by atoms with E-state index in [9.17, 15) is 35.1 Å². The predicted molar refractivity (Wildman–Crippen MR) is 80.7 cm³/mol. The van der Waals surface area contributed by atoms with E-state index in [1.165, 1.54) is 0 Å². The van der Waals surface area contributed by atoms with E-state index in [-0.39, 0.29) is 11.8 Å². The Morgan fingerprint density at radius 2 is 1.33 bits per heavy atom. The zero-order chi connectivity index (χ0) is 20.1. The van der Waals surface area contributed by atoms with E-state index in [1.54, 1.807) is 0 Å². The van der Waals surface area contributed by atoms with Crippen molar-refractivity contribution in [3.63, 3.8) is 0 Å². The van der Waals surface area contributed by atoms with Gasteiger partial charge < -0.3 is 4.74 Å². The first-order valence-electron chi connectivity index (χ1n) is 7.26. The van der Waals surface area contributed by atoms with Gasteiger partial charge in [0.25, 0.3) is 0 Å². The number of methoxy groups -OCH3 is 1. The molecule has 3 aromatic rings. The molecule has 0 heterocycles. The number of ether oxygens (including phenoxy) is 1. The molecular formula is C18H8F8O. The Morgan fingerprint density at radius 3 is 1.85 bits per heavy atom.